The molecule has 0 aliphatic heterocycles. The van der Waals surface area contributed by atoms with Gasteiger partial charge in [-0.15, -0.1) is 11.3 Å². The van der Waals surface area contributed by atoms with Crippen LogP contribution in [0.25, 0.3) is 80.3 Å². The molecule has 0 aliphatic rings. The van der Waals surface area contributed by atoms with Gasteiger partial charge in [0.2, 0.25) is 0 Å². The molecule has 0 saturated heterocycles. The van der Waals surface area contributed by atoms with E-state index in [9.17, 15) is 0 Å². The first-order chi connectivity index (χ1) is 19.9. The van der Waals surface area contributed by atoms with Gasteiger partial charge in [-0.3, -0.25) is 0 Å². The fourth-order valence-electron chi connectivity index (χ4n) is 6.66. The Balaban J connectivity index is 1.42. The highest BCUT2D eigenvalue weighted by Gasteiger charge is 2.20. The van der Waals surface area contributed by atoms with Gasteiger partial charge in [0.05, 0.1) is 11.0 Å². The number of para-hydroxylation sites is 1. The molecule has 0 aliphatic carbocycles. The molecule has 186 valence electrons. The lowest BCUT2D eigenvalue weighted by atomic mass is 9.96. The van der Waals surface area contributed by atoms with Crippen LogP contribution < -0.4 is 0 Å². The van der Waals surface area contributed by atoms with Gasteiger partial charge in [-0.2, -0.15) is 0 Å². The van der Waals surface area contributed by atoms with E-state index >= 15 is 0 Å². The smallest absolute Gasteiger partial charge is 0.0548 e. The third kappa shape index (κ3) is 2.97. The van der Waals surface area contributed by atoms with E-state index in [1.54, 1.807) is 0 Å². The molecule has 0 radical (unpaired) electrons. The summed E-state index contributed by atoms with van der Waals surface area (Å²) in [7, 11) is 0. The molecule has 0 N–H and O–H groups in total. The molecular weight excluding hydrogens is 502 g/mol. The Hall–Kier alpha value is -4.92. The fraction of sp³-hybridized carbons (Fsp3) is 0. The van der Waals surface area contributed by atoms with Crippen LogP contribution in [-0.4, -0.2) is 4.57 Å². The second-order valence-electron chi connectivity index (χ2n) is 10.5. The Morgan fingerprint density at radius 2 is 0.975 bits per heavy atom. The van der Waals surface area contributed by atoms with Gasteiger partial charge in [-0.1, -0.05) is 109 Å². The van der Waals surface area contributed by atoms with E-state index in [2.05, 4.69) is 144 Å². The van der Waals surface area contributed by atoms with Crippen LogP contribution >= 0.6 is 11.3 Å². The van der Waals surface area contributed by atoms with Crippen LogP contribution in [0.15, 0.2) is 140 Å². The summed E-state index contributed by atoms with van der Waals surface area (Å²) in [4.78, 5) is 0. The van der Waals surface area contributed by atoms with E-state index in [0.717, 1.165) is 0 Å². The Morgan fingerprint density at radius 1 is 0.375 bits per heavy atom. The number of hydrogen-bond acceptors (Lipinski definition) is 1. The van der Waals surface area contributed by atoms with Crippen molar-refractivity contribution in [3.8, 4) is 16.8 Å². The molecule has 7 aromatic carbocycles. The monoisotopic (exact) mass is 525 g/mol. The summed E-state index contributed by atoms with van der Waals surface area (Å²) in [5, 5.41) is 10.7. The molecule has 0 bridgehead atoms. The molecule has 9 rings (SSSR count). The third-order valence-electron chi connectivity index (χ3n) is 8.38. The molecular formula is C38H23NS. The summed E-state index contributed by atoms with van der Waals surface area (Å²) in [5.74, 6) is 0. The van der Waals surface area contributed by atoms with E-state index < -0.39 is 0 Å². The number of hydrogen-bond donors (Lipinski definition) is 0. The van der Waals surface area contributed by atoms with Crippen molar-refractivity contribution in [2.24, 2.45) is 0 Å². The van der Waals surface area contributed by atoms with Crippen molar-refractivity contribution in [3.63, 3.8) is 0 Å². The van der Waals surface area contributed by atoms with E-state index in [-0.39, 0.29) is 0 Å². The lowest BCUT2D eigenvalue weighted by Gasteiger charge is -2.10. The Kier molecular flexibility index (Phi) is 4.55. The van der Waals surface area contributed by atoms with Crippen molar-refractivity contribution in [1.82, 2.24) is 4.57 Å². The molecule has 0 saturated carbocycles. The summed E-state index contributed by atoms with van der Waals surface area (Å²) in [6, 6.07) is 50.9. The predicted molar refractivity (Wildman–Crippen MR) is 174 cm³/mol. The molecule has 0 unspecified atom stereocenters. The zero-order chi connectivity index (χ0) is 26.2. The highest BCUT2D eigenvalue weighted by Crippen LogP contribution is 2.48. The molecule has 2 heteroatoms. The SMILES string of the molecule is c1ccc(-c2ccc(-n3c4ccccc4c4c5c(ccc43)sc3c4ccccc4c4ccccc4c35)cc2)cc1. The number of benzene rings is 7. The molecule has 9 aromatic rings. The highest BCUT2D eigenvalue weighted by molar-refractivity contribution is 7.27. The molecule has 2 heterocycles. The Morgan fingerprint density at radius 3 is 1.75 bits per heavy atom. The molecule has 0 fully saturated rings. The average molecular weight is 526 g/mol. The number of aromatic nitrogens is 1. The first-order valence-electron chi connectivity index (χ1n) is 13.7. The standard InChI is InChI=1S/C38H23NS/c1-2-10-24(11-3-1)25-18-20-26(21-19-25)39-32-17-9-8-16-31(32)35-33(39)22-23-34-37(35)36-29-14-6-4-12-27(29)28-13-5-7-15-30(28)38(36)40-34/h1-23H. The molecule has 2 aromatic heterocycles. The number of thiophene rings is 1. The van der Waals surface area contributed by atoms with Gasteiger partial charge in [-0.25, -0.2) is 0 Å². The maximum atomic E-state index is 2.44. The second kappa shape index (κ2) is 8.29. The quantitative estimate of drug-likeness (QED) is 0.198. The van der Waals surface area contributed by atoms with E-state index in [1.165, 1.54) is 80.3 Å². The molecule has 0 spiro atoms. The van der Waals surface area contributed by atoms with Crippen molar-refractivity contribution in [3.05, 3.63) is 140 Å². The molecule has 0 atom stereocenters. The van der Waals surface area contributed by atoms with E-state index in [4.69, 9.17) is 0 Å². The first-order valence-corrected chi connectivity index (χ1v) is 14.5. The summed E-state index contributed by atoms with van der Waals surface area (Å²) in [6.45, 7) is 0. The van der Waals surface area contributed by atoms with Crippen LogP contribution in [0, 0.1) is 0 Å². The minimum absolute atomic E-state index is 1.18. The maximum Gasteiger partial charge on any atom is 0.0548 e. The Bertz CT molecular complexity index is 2410. The van der Waals surface area contributed by atoms with Crippen LogP contribution in [0.2, 0.25) is 0 Å². The van der Waals surface area contributed by atoms with Crippen molar-refractivity contribution in [2.75, 3.05) is 0 Å². The zero-order valence-corrected chi connectivity index (χ0v) is 22.5. The lowest BCUT2D eigenvalue weighted by Crippen LogP contribution is -1.93. The van der Waals surface area contributed by atoms with Gasteiger partial charge in [0.15, 0.2) is 0 Å². The van der Waals surface area contributed by atoms with Gasteiger partial charge in [0.1, 0.15) is 0 Å². The van der Waals surface area contributed by atoms with Crippen molar-refractivity contribution in [1.29, 1.82) is 0 Å². The summed E-state index contributed by atoms with van der Waals surface area (Å²) >= 11 is 1.92. The molecule has 1 nitrogen and oxygen atoms in total. The van der Waals surface area contributed by atoms with Gasteiger partial charge in [0.25, 0.3) is 0 Å². The van der Waals surface area contributed by atoms with Crippen molar-refractivity contribution < 1.29 is 0 Å². The van der Waals surface area contributed by atoms with Gasteiger partial charge < -0.3 is 4.57 Å². The number of nitrogens with zero attached hydrogens (tertiary/aromatic N) is 1. The fourth-order valence-corrected chi connectivity index (χ4v) is 7.92. The normalized spacial score (nSPS) is 12.0. The second-order valence-corrected chi connectivity index (χ2v) is 11.5. The van der Waals surface area contributed by atoms with Crippen molar-refractivity contribution >= 4 is 74.9 Å². The summed E-state index contributed by atoms with van der Waals surface area (Å²) < 4.78 is 5.15. The number of fused-ring (bicyclic) bond motifs is 12. The third-order valence-corrected chi connectivity index (χ3v) is 9.57. The lowest BCUT2D eigenvalue weighted by molar-refractivity contribution is 1.18. The van der Waals surface area contributed by atoms with Crippen LogP contribution in [0.5, 0.6) is 0 Å². The topological polar surface area (TPSA) is 4.93 Å². The van der Waals surface area contributed by atoms with Gasteiger partial charge in [0, 0.05) is 42.0 Å². The van der Waals surface area contributed by atoms with Crippen LogP contribution in [0.4, 0.5) is 0 Å². The van der Waals surface area contributed by atoms with Gasteiger partial charge in [-0.05, 0) is 57.6 Å². The minimum Gasteiger partial charge on any atom is -0.309 e. The van der Waals surface area contributed by atoms with Crippen molar-refractivity contribution in [2.45, 2.75) is 0 Å². The predicted octanol–water partition coefficient (Wildman–Crippen LogP) is 11.1. The van der Waals surface area contributed by atoms with E-state index in [0.29, 0.717) is 0 Å². The summed E-state index contributed by atoms with van der Waals surface area (Å²) in [5.41, 5.74) is 6.14. The first kappa shape index (κ1) is 22.0. The van der Waals surface area contributed by atoms with Crippen LogP contribution in [-0.2, 0) is 0 Å². The molecule has 40 heavy (non-hydrogen) atoms. The minimum atomic E-state index is 1.18. The maximum absolute atomic E-state index is 2.44. The zero-order valence-electron chi connectivity index (χ0n) is 21.6. The summed E-state index contributed by atoms with van der Waals surface area (Å²) in [6.07, 6.45) is 0. The average Bonchev–Trinajstić information content (AvgIpc) is 3.58. The highest BCUT2D eigenvalue weighted by atomic mass is 32.1. The number of rotatable bonds is 2. The Labute approximate surface area is 235 Å². The van der Waals surface area contributed by atoms with Crippen LogP contribution in [0.1, 0.15) is 0 Å². The van der Waals surface area contributed by atoms with Crippen LogP contribution in [0.3, 0.4) is 0 Å². The largest absolute Gasteiger partial charge is 0.309 e. The molecule has 0 amide bonds. The van der Waals surface area contributed by atoms with Gasteiger partial charge >= 0.3 is 0 Å². The van der Waals surface area contributed by atoms with E-state index in [1.807, 2.05) is 11.3 Å².